The standard InChI is InChI=1S/C10H22N2O2/c1-5-12(6-8-13-4)7-9-14-11-10(2)3/h5-9H2,1-4H3. The molecule has 0 aromatic carbocycles. The van der Waals surface area contributed by atoms with Crippen LogP contribution in [0.25, 0.3) is 0 Å². The summed E-state index contributed by atoms with van der Waals surface area (Å²) in [5.74, 6) is 0. The summed E-state index contributed by atoms with van der Waals surface area (Å²) < 4.78 is 5.01. The molecule has 0 aliphatic heterocycles. The second kappa shape index (κ2) is 8.97. The van der Waals surface area contributed by atoms with Gasteiger partial charge in [0.2, 0.25) is 0 Å². The molecule has 0 amide bonds. The molecule has 0 aliphatic rings. The Labute approximate surface area is 86.9 Å². The van der Waals surface area contributed by atoms with Gasteiger partial charge in [-0.2, -0.15) is 0 Å². The zero-order valence-electron chi connectivity index (χ0n) is 9.75. The van der Waals surface area contributed by atoms with Crippen LogP contribution >= 0.6 is 0 Å². The van der Waals surface area contributed by atoms with Crippen molar-refractivity contribution >= 4 is 5.71 Å². The van der Waals surface area contributed by atoms with Crippen LogP contribution < -0.4 is 0 Å². The van der Waals surface area contributed by atoms with Crippen molar-refractivity contribution in [3.05, 3.63) is 0 Å². The van der Waals surface area contributed by atoms with Gasteiger partial charge in [0.25, 0.3) is 0 Å². The number of rotatable bonds is 8. The van der Waals surface area contributed by atoms with Crippen LogP contribution in [0.5, 0.6) is 0 Å². The average molecular weight is 202 g/mol. The third-order valence-corrected chi connectivity index (χ3v) is 1.80. The fraction of sp³-hybridized carbons (Fsp3) is 0.900. The minimum Gasteiger partial charge on any atom is -0.395 e. The number of likely N-dealkylation sites (N-methyl/N-ethyl adjacent to an activating group) is 1. The van der Waals surface area contributed by atoms with Crippen LogP contribution in [0.3, 0.4) is 0 Å². The predicted molar refractivity (Wildman–Crippen MR) is 58.7 cm³/mol. The van der Waals surface area contributed by atoms with Gasteiger partial charge in [-0.05, 0) is 20.4 Å². The van der Waals surface area contributed by atoms with Gasteiger partial charge in [-0.3, -0.25) is 4.90 Å². The van der Waals surface area contributed by atoms with Gasteiger partial charge < -0.3 is 9.57 Å². The summed E-state index contributed by atoms with van der Waals surface area (Å²) in [4.78, 5) is 7.38. The minimum absolute atomic E-state index is 0.642. The highest BCUT2D eigenvalue weighted by atomic mass is 16.6. The molecule has 0 aliphatic carbocycles. The Kier molecular flexibility index (Phi) is 8.57. The molecular formula is C10H22N2O2. The molecule has 0 bridgehead atoms. The average Bonchev–Trinajstić information content (AvgIpc) is 2.16. The van der Waals surface area contributed by atoms with Gasteiger partial charge in [-0.25, -0.2) is 0 Å². The Bertz CT molecular complexity index is 156. The Morgan fingerprint density at radius 1 is 1.21 bits per heavy atom. The first-order chi connectivity index (χ1) is 6.70. The summed E-state index contributed by atoms with van der Waals surface area (Å²) in [6, 6.07) is 0. The lowest BCUT2D eigenvalue weighted by Crippen LogP contribution is -2.30. The maximum Gasteiger partial charge on any atom is 0.129 e. The molecule has 0 radical (unpaired) electrons. The summed E-state index contributed by atoms with van der Waals surface area (Å²) >= 11 is 0. The molecule has 0 aromatic rings. The van der Waals surface area contributed by atoms with Gasteiger partial charge in [-0.15, -0.1) is 0 Å². The van der Waals surface area contributed by atoms with Crippen LogP contribution in [-0.2, 0) is 9.57 Å². The van der Waals surface area contributed by atoms with E-state index in [0.29, 0.717) is 6.61 Å². The van der Waals surface area contributed by atoms with E-state index in [0.717, 1.165) is 32.0 Å². The van der Waals surface area contributed by atoms with E-state index < -0.39 is 0 Å². The fourth-order valence-electron chi connectivity index (χ4n) is 0.993. The molecule has 4 heteroatoms. The van der Waals surface area contributed by atoms with Gasteiger partial charge in [0, 0.05) is 20.2 Å². The Morgan fingerprint density at radius 2 is 1.86 bits per heavy atom. The van der Waals surface area contributed by atoms with E-state index >= 15 is 0 Å². The number of hydrogen-bond acceptors (Lipinski definition) is 4. The topological polar surface area (TPSA) is 34.1 Å². The highest BCUT2D eigenvalue weighted by molar-refractivity contribution is 5.78. The third kappa shape index (κ3) is 8.01. The van der Waals surface area contributed by atoms with Crippen LogP contribution in [0.2, 0.25) is 0 Å². The van der Waals surface area contributed by atoms with E-state index in [1.165, 1.54) is 0 Å². The van der Waals surface area contributed by atoms with Gasteiger partial charge in [0.15, 0.2) is 0 Å². The van der Waals surface area contributed by atoms with E-state index in [4.69, 9.17) is 9.57 Å². The summed E-state index contributed by atoms with van der Waals surface area (Å²) in [6.07, 6.45) is 0. The molecule has 0 fully saturated rings. The number of ether oxygens (including phenoxy) is 1. The van der Waals surface area contributed by atoms with E-state index in [2.05, 4.69) is 17.0 Å². The molecule has 0 spiro atoms. The van der Waals surface area contributed by atoms with Gasteiger partial charge in [0.05, 0.1) is 12.3 Å². The number of nitrogens with zero attached hydrogens (tertiary/aromatic N) is 2. The Balaban J connectivity index is 3.47. The zero-order valence-corrected chi connectivity index (χ0v) is 9.75. The maximum atomic E-state index is 5.11. The van der Waals surface area contributed by atoms with Crippen LogP contribution in [0.4, 0.5) is 0 Å². The first-order valence-electron chi connectivity index (χ1n) is 5.05. The van der Waals surface area contributed by atoms with Crippen LogP contribution in [0.15, 0.2) is 5.16 Å². The van der Waals surface area contributed by atoms with Crippen LogP contribution in [0, 0.1) is 0 Å². The first kappa shape index (κ1) is 13.4. The molecule has 0 saturated heterocycles. The lowest BCUT2D eigenvalue weighted by atomic mass is 10.5. The monoisotopic (exact) mass is 202 g/mol. The SMILES string of the molecule is CCN(CCOC)CCON=C(C)C. The quantitative estimate of drug-likeness (QED) is 0.339. The number of methoxy groups -OCH3 is 1. The maximum absolute atomic E-state index is 5.11. The molecule has 0 aromatic heterocycles. The van der Waals surface area contributed by atoms with Crippen molar-refractivity contribution in [3.63, 3.8) is 0 Å². The fourth-order valence-corrected chi connectivity index (χ4v) is 0.993. The van der Waals surface area contributed by atoms with Crippen LogP contribution in [0.1, 0.15) is 20.8 Å². The van der Waals surface area contributed by atoms with Crippen molar-refractivity contribution in [2.75, 3.05) is 40.0 Å². The van der Waals surface area contributed by atoms with Crippen molar-refractivity contribution in [1.29, 1.82) is 0 Å². The molecule has 0 unspecified atom stereocenters. The highest BCUT2D eigenvalue weighted by Crippen LogP contribution is 1.89. The van der Waals surface area contributed by atoms with E-state index in [1.807, 2.05) is 13.8 Å². The van der Waals surface area contributed by atoms with E-state index in [-0.39, 0.29) is 0 Å². The lowest BCUT2D eigenvalue weighted by molar-refractivity contribution is 0.0949. The lowest BCUT2D eigenvalue weighted by Gasteiger charge is -2.18. The molecule has 0 rings (SSSR count). The molecule has 0 atom stereocenters. The molecule has 0 N–H and O–H groups in total. The molecule has 0 saturated carbocycles. The van der Waals surface area contributed by atoms with E-state index in [1.54, 1.807) is 7.11 Å². The highest BCUT2D eigenvalue weighted by Gasteiger charge is 2.00. The molecule has 4 nitrogen and oxygen atoms in total. The number of oxime groups is 1. The normalized spacial score (nSPS) is 10.4. The second-order valence-corrected chi connectivity index (χ2v) is 3.30. The largest absolute Gasteiger partial charge is 0.395 e. The van der Waals surface area contributed by atoms with Crippen molar-refractivity contribution in [3.8, 4) is 0 Å². The zero-order chi connectivity index (χ0) is 10.8. The van der Waals surface area contributed by atoms with Gasteiger partial charge in [-0.1, -0.05) is 12.1 Å². The molecule has 14 heavy (non-hydrogen) atoms. The Hall–Kier alpha value is -0.610. The number of hydrogen-bond donors (Lipinski definition) is 0. The third-order valence-electron chi connectivity index (χ3n) is 1.80. The minimum atomic E-state index is 0.642. The van der Waals surface area contributed by atoms with Crippen molar-refractivity contribution in [2.45, 2.75) is 20.8 Å². The summed E-state index contributed by atoms with van der Waals surface area (Å²) in [5, 5.41) is 3.87. The predicted octanol–water partition coefficient (Wildman–Crippen LogP) is 1.37. The molecule has 84 valence electrons. The summed E-state index contributed by atoms with van der Waals surface area (Å²) in [7, 11) is 1.72. The first-order valence-corrected chi connectivity index (χ1v) is 5.05. The van der Waals surface area contributed by atoms with E-state index in [9.17, 15) is 0 Å². The Morgan fingerprint density at radius 3 is 2.36 bits per heavy atom. The second-order valence-electron chi connectivity index (χ2n) is 3.30. The van der Waals surface area contributed by atoms with Gasteiger partial charge in [0.1, 0.15) is 6.61 Å². The smallest absolute Gasteiger partial charge is 0.129 e. The van der Waals surface area contributed by atoms with Crippen molar-refractivity contribution in [2.24, 2.45) is 5.16 Å². The summed E-state index contributed by atoms with van der Waals surface area (Å²) in [5.41, 5.74) is 0.949. The van der Waals surface area contributed by atoms with Crippen molar-refractivity contribution < 1.29 is 9.57 Å². The molecular weight excluding hydrogens is 180 g/mol. The van der Waals surface area contributed by atoms with Crippen molar-refractivity contribution in [1.82, 2.24) is 4.90 Å². The van der Waals surface area contributed by atoms with Crippen LogP contribution in [-0.4, -0.2) is 50.6 Å². The summed E-state index contributed by atoms with van der Waals surface area (Å²) in [6.45, 7) is 10.2. The molecule has 0 heterocycles. The van der Waals surface area contributed by atoms with Gasteiger partial charge >= 0.3 is 0 Å².